The minimum Gasteiger partial charge on any atom is -0.366 e. The monoisotopic (exact) mass is 313 g/mol. The number of ether oxygens (including phenoxy) is 1. The predicted octanol–water partition coefficient (Wildman–Crippen LogP) is 2.66. The number of benzene rings is 1. The number of morpholine rings is 1. The molecule has 23 heavy (non-hydrogen) atoms. The Hall–Kier alpha value is -2.14. The Kier molecular flexibility index (Phi) is 4.48. The van der Waals surface area contributed by atoms with E-state index >= 15 is 0 Å². The highest BCUT2D eigenvalue weighted by molar-refractivity contribution is 5.92. The first-order valence-corrected chi connectivity index (χ1v) is 8.02. The molecule has 1 amide bonds. The number of carbonyl (C=O) groups is 1. The van der Waals surface area contributed by atoms with Crippen LogP contribution in [0, 0.1) is 5.92 Å². The van der Waals surface area contributed by atoms with Crippen LogP contribution in [-0.4, -0.2) is 39.6 Å². The van der Waals surface area contributed by atoms with Gasteiger partial charge in [-0.3, -0.25) is 4.79 Å². The molecule has 1 aliphatic rings. The van der Waals surface area contributed by atoms with Crippen LogP contribution in [0.5, 0.6) is 0 Å². The predicted molar refractivity (Wildman–Crippen MR) is 88.0 cm³/mol. The molecule has 5 heteroatoms. The van der Waals surface area contributed by atoms with Gasteiger partial charge in [0.1, 0.15) is 11.8 Å². The van der Waals surface area contributed by atoms with Crippen LogP contribution in [0.2, 0.25) is 0 Å². The van der Waals surface area contributed by atoms with Crippen LogP contribution < -0.4 is 0 Å². The fourth-order valence-electron chi connectivity index (χ4n) is 2.86. The Morgan fingerprint density at radius 1 is 1.26 bits per heavy atom. The lowest BCUT2D eigenvalue weighted by molar-refractivity contribution is -0.0955. The molecule has 1 aromatic heterocycles. The maximum atomic E-state index is 12.8. The van der Waals surface area contributed by atoms with Gasteiger partial charge in [0.15, 0.2) is 0 Å². The van der Waals surface area contributed by atoms with E-state index in [0.29, 0.717) is 24.7 Å². The van der Waals surface area contributed by atoms with Crippen LogP contribution in [-0.2, 0) is 11.8 Å². The van der Waals surface area contributed by atoms with Crippen LogP contribution in [0.1, 0.15) is 36.0 Å². The molecule has 0 aliphatic carbocycles. The summed E-state index contributed by atoms with van der Waals surface area (Å²) >= 11 is 0. The van der Waals surface area contributed by atoms with Crippen molar-refractivity contribution >= 4 is 5.91 Å². The molecule has 5 nitrogen and oxygen atoms in total. The molecule has 0 radical (unpaired) electrons. The molecule has 0 saturated carbocycles. The SMILES string of the molecule is CC(C)[C@H]1CN(C(=O)c2cn(C)cn2)C[C@@H](c2ccccc2)O1. The summed E-state index contributed by atoms with van der Waals surface area (Å²) in [4.78, 5) is 18.8. The summed E-state index contributed by atoms with van der Waals surface area (Å²) in [5, 5.41) is 0. The summed E-state index contributed by atoms with van der Waals surface area (Å²) in [6.07, 6.45) is 3.36. The van der Waals surface area contributed by atoms with Crippen molar-refractivity contribution in [1.29, 1.82) is 0 Å². The second-order valence-electron chi connectivity index (χ2n) is 6.45. The second-order valence-corrected chi connectivity index (χ2v) is 6.45. The molecule has 0 bridgehead atoms. The van der Waals surface area contributed by atoms with Crippen LogP contribution in [0.15, 0.2) is 42.9 Å². The van der Waals surface area contributed by atoms with E-state index in [-0.39, 0.29) is 18.1 Å². The normalized spacial score (nSPS) is 21.7. The fourth-order valence-corrected chi connectivity index (χ4v) is 2.86. The Labute approximate surface area is 136 Å². The average molecular weight is 313 g/mol. The van der Waals surface area contributed by atoms with Gasteiger partial charge in [0.05, 0.1) is 19.0 Å². The molecule has 2 atom stereocenters. The second kappa shape index (κ2) is 6.54. The molecule has 1 aromatic carbocycles. The van der Waals surface area contributed by atoms with E-state index < -0.39 is 0 Å². The zero-order valence-electron chi connectivity index (χ0n) is 13.8. The van der Waals surface area contributed by atoms with E-state index in [2.05, 4.69) is 31.0 Å². The Morgan fingerprint density at radius 2 is 2.00 bits per heavy atom. The number of nitrogens with zero attached hydrogens (tertiary/aromatic N) is 3. The maximum absolute atomic E-state index is 12.8. The lowest BCUT2D eigenvalue weighted by Gasteiger charge is -2.39. The molecule has 1 aliphatic heterocycles. The minimum atomic E-state index is -0.0926. The quantitative estimate of drug-likeness (QED) is 0.875. The molecule has 0 unspecified atom stereocenters. The molecule has 3 rings (SSSR count). The third-order valence-electron chi connectivity index (χ3n) is 4.25. The van der Waals surface area contributed by atoms with Gasteiger partial charge in [0, 0.05) is 19.8 Å². The summed E-state index contributed by atoms with van der Waals surface area (Å²) in [6.45, 7) is 5.42. The summed E-state index contributed by atoms with van der Waals surface area (Å²) in [5.41, 5.74) is 1.60. The summed E-state index contributed by atoms with van der Waals surface area (Å²) in [5.74, 6) is 0.320. The number of carbonyl (C=O) groups excluding carboxylic acids is 1. The number of hydrogen-bond donors (Lipinski definition) is 0. The first kappa shape index (κ1) is 15.7. The standard InChI is InChI=1S/C18H23N3O2/c1-13(2)16-10-21(18(22)15-9-20(3)12-19-15)11-17(23-16)14-7-5-4-6-8-14/h4-9,12-13,16-17H,10-11H2,1-3H3/t16-,17+/m1/s1. The number of imidazole rings is 1. The van der Waals surface area contributed by atoms with Crippen molar-refractivity contribution in [3.8, 4) is 0 Å². The van der Waals surface area contributed by atoms with E-state index in [0.717, 1.165) is 5.56 Å². The number of aryl methyl sites for hydroxylation is 1. The van der Waals surface area contributed by atoms with Gasteiger partial charge in [0.25, 0.3) is 5.91 Å². The molecule has 0 N–H and O–H groups in total. The largest absolute Gasteiger partial charge is 0.366 e. The van der Waals surface area contributed by atoms with Gasteiger partial charge in [-0.1, -0.05) is 44.2 Å². The first-order valence-electron chi connectivity index (χ1n) is 8.02. The van der Waals surface area contributed by atoms with Crippen molar-refractivity contribution in [2.45, 2.75) is 26.1 Å². The van der Waals surface area contributed by atoms with E-state index in [1.807, 2.05) is 30.1 Å². The number of rotatable bonds is 3. The molecular formula is C18H23N3O2. The average Bonchev–Trinajstić information content (AvgIpc) is 3.01. The molecular weight excluding hydrogens is 290 g/mol. The topological polar surface area (TPSA) is 47.4 Å². The Bertz CT molecular complexity index is 666. The van der Waals surface area contributed by atoms with E-state index in [9.17, 15) is 4.79 Å². The van der Waals surface area contributed by atoms with E-state index in [4.69, 9.17) is 4.74 Å². The van der Waals surface area contributed by atoms with Gasteiger partial charge >= 0.3 is 0 Å². The molecule has 1 fully saturated rings. The van der Waals surface area contributed by atoms with Crippen molar-refractivity contribution < 1.29 is 9.53 Å². The molecule has 122 valence electrons. The molecule has 2 heterocycles. The fraction of sp³-hybridized carbons (Fsp3) is 0.444. The molecule has 1 saturated heterocycles. The summed E-state index contributed by atoms with van der Waals surface area (Å²) < 4.78 is 8.03. The van der Waals surface area contributed by atoms with Gasteiger partial charge in [-0.25, -0.2) is 4.98 Å². The van der Waals surface area contributed by atoms with Crippen LogP contribution >= 0.6 is 0 Å². The summed E-state index contributed by atoms with van der Waals surface area (Å²) in [6, 6.07) is 10.1. The molecule has 2 aromatic rings. The lowest BCUT2D eigenvalue weighted by atomic mass is 10.0. The van der Waals surface area contributed by atoms with Gasteiger partial charge in [-0.15, -0.1) is 0 Å². The van der Waals surface area contributed by atoms with Gasteiger partial charge in [-0.2, -0.15) is 0 Å². The van der Waals surface area contributed by atoms with Crippen LogP contribution in [0.25, 0.3) is 0 Å². The number of amides is 1. The van der Waals surface area contributed by atoms with E-state index in [1.54, 1.807) is 17.1 Å². The Balaban J connectivity index is 1.83. The van der Waals surface area contributed by atoms with Crippen molar-refractivity contribution in [1.82, 2.24) is 14.5 Å². The number of hydrogen-bond acceptors (Lipinski definition) is 3. The third kappa shape index (κ3) is 3.45. The lowest BCUT2D eigenvalue weighted by Crippen LogP contribution is -2.48. The van der Waals surface area contributed by atoms with Crippen molar-refractivity contribution in [2.75, 3.05) is 13.1 Å². The van der Waals surface area contributed by atoms with E-state index in [1.165, 1.54) is 0 Å². The highest BCUT2D eigenvalue weighted by Crippen LogP contribution is 2.28. The van der Waals surface area contributed by atoms with Gasteiger partial charge in [-0.05, 0) is 11.5 Å². The van der Waals surface area contributed by atoms with Gasteiger partial charge < -0.3 is 14.2 Å². The van der Waals surface area contributed by atoms with Crippen LogP contribution in [0.4, 0.5) is 0 Å². The van der Waals surface area contributed by atoms with Crippen LogP contribution in [0.3, 0.4) is 0 Å². The maximum Gasteiger partial charge on any atom is 0.274 e. The van der Waals surface area contributed by atoms with Gasteiger partial charge in [0.2, 0.25) is 0 Å². The first-order chi connectivity index (χ1) is 11.0. The number of aromatic nitrogens is 2. The zero-order chi connectivity index (χ0) is 16.4. The van der Waals surface area contributed by atoms with Crippen molar-refractivity contribution in [3.05, 3.63) is 54.1 Å². The van der Waals surface area contributed by atoms with Crippen molar-refractivity contribution in [3.63, 3.8) is 0 Å². The highest BCUT2D eigenvalue weighted by Gasteiger charge is 2.33. The smallest absolute Gasteiger partial charge is 0.274 e. The molecule has 0 spiro atoms. The zero-order valence-corrected chi connectivity index (χ0v) is 13.8. The third-order valence-corrected chi connectivity index (χ3v) is 4.25. The van der Waals surface area contributed by atoms with Crippen molar-refractivity contribution in [2.24, 2.45) is 13.0 Å². The minimum absolute atomic E-state index is 0.0273. The Morgan fingerprint density at radius 3 is 2.61 bits per heavy atom. The summed E-state index contributed by atoms with van der Waals surface area (Å²) in [7, 11) is 1.87. The highest BCUT2D eigenvalue weighted by atomic mass is 16.5.